The van der Waals surface area contributed by atoms with Gasteiger partial charge in [-0.2, -0.15) is 5.10 Å². The van der Waals surface area contributed by atoms with E-state index in [1.807, 2.05) is 68.7 Å². The lowest BCUT2D eigenvalue weighted by Gasteiger charge is -2.15. The van der Waals surface area contributed by atoms with Gasteiger partial charge in [-0.05, 0) is 31.2 Å². The Morgan fingerprint density at radius 3 is 2.75 bits per heavy atom. The molecule has 0 spiro atoms. The first-order valence-electron chi connectivity index (χ1n) is 9.20. The van der Waals surface area contributed by atoms with Crippen LogP contribution in [-0.4, -0.2) is 31.7 Å². The quantitative estimate of drug-likeness (QED) is 0.584. The molecule has 3 heterocycles. The summed E-state index contributed by atoms with van der Waals surface area (Å²) in [7, 11) is 1.86. The summed E-state index contributed by atoms with van der Waals surface area (Å²) in [5, 5.41) is 8.14. The number of rotatable bonds is 5. The van der Waals surface area contributed by atoms with Gasteiger partial charge in [0.05, 0.1) is 23.0 Å². The van der Waals surface area contributed by atoms with Gasteiger partial charge >= 0.3 is 0 Å². The van der Waals surface area contributed by atoms with Crippen LogP contribution in [0.5, 0.6) is 0 Å². The molecule has 0 saturated heterocycles. The van der Waals surface area contributed by atoms with Crippen molar-refractivity contribution in [3.8, 4) is 11.3 Å². The van der Waals surface area contributed by atoms with E-state index < -0.39 is 0 Å². The molecule has 6 nitrogen and oxygen atoms in total. The van der Waals surface area contributed by atoms with Gasteiger partial charge in [-0.1, -0.05) is 24.3 Å². The van der Waals surface area contributed by atoms with Crippen LogP contribution in [0, 0.1) is 0 Å². The van der Waals surface area contributed by atoms with Gasteiger partial charge in [0.2, 0.25) is 0 Å². The number of amides is 1. The number of hydrogen-bond donors (Lipinski definition) is 1. The summed E-state index contributed by atoms with van der Waals surface area (Å²) in [4.78, 5) is 22.1. The lowest BCUT2D eigenvalue weighted by atomic mass is 10.0. The molecule has 0 aliphatic carbocycles. The van der Waals surface area contributed by atoms with Gasteiger partial charge in [0.15, 0.2) is 0 Å². The first-order valence-corrected chi connectivity index (χ1v) is 9.20. The van der Waals surface area contributed by atoms with Gasteiger partial charge in [0, 0.05) is 48.5 Å². The Hall–Kier alpha value is -3.54. The van der Waals surface area contributed by atoms with E-state index in [0.717, 1.165) is 27.9 Å². The van der Waals surface area contributed by atoms with Crippen LogP contribution in [0.1, 0.15) is 23.0 Å². The number of para-hydroxylation sites is 1. The molecule has 1 atom stereocenters. The molecule has 4 aromatic rings. The zero-order valence-electron chi connectivity index (χ0n) is 15.8. The highest BCUT2D eigenvalue weighted by atomic mass is 16.1. The molecule has 0 saturated carbocycles. The first-order chi connectivity index (χ1) is 13.6. The molecule has 0 radical (unpaired) electrons. The molecule has 0 fully saturated rings. The van der Waals surface area contributed by atoms with Crippen LogP contribution in [0.3, 0.4) is 0 Å². The number of nitrogens with zero attached hydrogens (tertiary/aromatic N) is 4. The summed E-state index contributed by atoms with van der Waals surface area (Å²) in [6.45, 7) is 1.98. The van der Waals surface area contributed by atoms with Crippen molar-refractivity contribution in [3.05, 3.63) is 78.4 Å². The van der Waals surface area contributed by atoms with Crippen molar-refractivity contribution < 1.29 is 4.79 Å². The molecule has 3 aromatic heterocycles. The van der Waals surface area contributed by atoms with Crippen LogP contribution >= 0.6 is 0 Å². The normalized spacial score (nSPS) is 12.1. The lowest BCUT2D eigenvalue weighted by Crippen LogP contribution is -2.34. The van der Waals surface area contributed by atoms with E-state index in [9.17, 15) is 4.79 Å². The Balaban J connectivity index is 1.65. The monoisotopic (exact) mass is 371 g/mol. The largest absolute Gasteiger partial charge is 0.349 e. The molecule has 0 aliphatic rings. The van der Waals surface area contributed by atoms with Crippen molar-refractivity contribution in [2.45, 2.75) is 19.4 Å². The fourth-order valence-electron chi connectivity index (χ4n) is 3.25. The van der Waals surface area contributed by atoms with E-state index in [1.54, 1.807) is 17.1 Å². The number of hydrogen-bond acceptors (Lipinski definition) is 4. The predicted octanol–water partition coefficient (Wildman–Crippen LogP) is 3.39. The maximum Gasteiger partial charge on any atom is 0.252 e. The predicted molar refractivity (Wildman–Crippen MR) is 109 cm³/mol. The van der Waals surface area contributed by atoms with Crippen LogP contribution in [0.25, 0.3) is 22.2 Å². The highest BCUT2D eigenvalue weighted by Gasteiger charge is 2.16. The number of fused-ring (bicyclic) bond motifs is 1. The molecule has 0 aliphatic heterocycles. The van der Waals surface area contributed by atoms with Crippen molar-refractivity contribution in [2.75, 3.05) is 0 Å². The van der Waals surface area contributed by atoms with Gasteiger partial charge in [-0.15, -0.1) is 0 Å². The Morgan fingerprint density at radius 1 is 1.18 bits per heavy atom. The third-order valence-electron chi connectivity index (χ3n) is 4.58. The lowest BCUT2D eigenvalue weighted by molar-refractivity contribution is 0.0941. The van der Waals surface area contributed by atoms with Gasteiger partial charge < -0.3 is 5.32 Å². The van der Waals surface area contributed by atoms with Crippen LogP contribution in [0.2, 0.25) is 0 Å². The van der Waals surface area contributed by atoms with Gasteiger partial charge in [-0.25, -0.2) is 4.98 Å². The smallest absolute Gasteiger partial charge is 0.252 e. The van der Waals surface area contributed by atoms with Crippen LogP contribution in [0.15, 0.2) is 67.1 Å². The number of aromatic nitrogens is 4. The number of benzene rings is 1. The Labute approximate surface area is 163 Å². The number of nitrogens with one attached hydrogen (secondary N) is 1. The fraction of sp³-hybridized carbons (Fsp3) is 0.182. The summed E-state index contributed by atoms with van der Waals surface area (Å²) in [5.41, 5.74) is 3.95. The van der Waals surface area contributed by atoms with Gasteiger partial charge in [0.1, 0.15) is 0 Å². The molecule has 0 bridgehead atoms. The second-order valence-electron chi connectivity index (χ2n) is 6.87. The van der Waals surface area contributed by atoms with E-state index in [0.29, 0.717) is 12.0 Å². The van der Waals surface area contributed by atoms with E-state index >= 15 is 0 Å². The minimum absolute atomic E-state index is 0.0452. The van der Waals surface area contributed by atoms with Crippen molar-refractivity contribution in [1.29, 1.82) is 0 Å². The van der Waals surface area contributed by atoms with E-state index in [4.69, 9.17) is 4.98 Å². The van der Waals surface area contributed by atoms with Crippen LogP contribution in [-0.2, 0) is 13.5 Å². The highest BCUT2D eigenvalue weighted by Crippen LogP contribution is 2.24. The minimum atomic E-state index is -0.118. The van der Waals surface area contributed by atoms with Crippen molar-refractivity contribution >= 4 is 16.8 Å². The SMILES string of the molecule is C[C@H](Cc1ccccn1)NC(=O)c1cc(-c2cnn(C)c2)nc2ccccc12. The highest BCUT2D eigenvalue weighted by molar-refractivity contribution is 6.07. The second kappa shape index (κ2) is 7.60. The van der Waals surface area contributed by atoms with Gasteiger partial charge in [0.25, 0.3) is 5.91 Å². The maximum absolute atomic E-state index is 13.1. The topological polar surface area (TPSA) is 72.7 Å². The molecule has 6 heteroatoms. The molecule has 4 rings (SSSR count). The van der Waals surface area contributed by atoms with E-state index in [-0.39, 0.29) is 11.9 Å². The average molecular weight is 371 g/mol. The Morgan fingerprint density at radius 2 is 2.00 bits per heavy atom. The van der Waals surface area contributed by atoms with Crippen LogP contribution in [0.4, 0.5) is 0 Å². The zero-order valence-corrected chi connectivity index (χ0v) is 15.8. The molecule has 1 amide bonds. The molecule has 1 aromatic carbocycles. The van der Waals surface area contributed by atoms with Crippen molar-refractivity contribution in [3.63, 3.8) is 0 Å². The number of carbonyl (C=O) groups excluding carboxylic acids is 1. The summed E-state index contributed by atoms with van der Waals surface area (Å²) in [6, 6.07) is 15.3. The second-order valence-corrected chi connectivity index (χ2v) is 6.87. The molecular weight excluding hydrogens is 350 g/mol. The van der Waals surface area contributed by atoms with Crippen molar-refractivity contribution in [1.82, 2.24) is 25.1 Å². The Kier molecular flexibility index (Phi) is 4.85. The number of carbonyl (C=O) groups is 1. The number of aryl methyl sites for hydroxylation is 1. The van der Waals surface area contributed by atoms with Crippen molar-refractivity contribution in [2.24, 2.45) is 7.05 Å². The third-order valence-corrected chi connectivity index (χ3v) is 4.58. The summed E-state index contributed by atoms with van der Waals surface area (Å²) in [6.07, 6.45) is 6.08. The maximum atomic E-state index is 13.1. The van der Waals surface area contributed by atoms with E-state index in [1.165, 1.54) is 0 Å². The average Bonchev–Trinajstić information content (AvgIpc) is 3.14. The molecule has 140 valence electrons. The zero-order chi connectivity index (χ0) is 19.5. The standard InChI is InChI=1S/C22H21N5O/c1-15(11-17-7-5-6-10-23-17)25-22(28)19-12-21(16-13-24-27(2)14-16)26-20-9-4-3-8-18(19)20/h3-10,12-15H,11H2,1-2H3,(H,25,28)/t15-/m1/s1. The third kappa shape index (κ3) is 3.76. The summed E-state index contributed by atoms with van der Waals surface area (Å²) < 4.78 is 1.72. The first kappa shape index (κ1) is 17.9. The Bertz CT molecular complexity index is 1120. The van der Waals surface area contributed by atoms with E-state index in [2.05, 4.69) is 15.4 Å². The molecular formula is C22H21N5O. The number of pyridine rings is 2. The molecule has 0 unspecified atom stereocenters. The molecule has 1 N–H and O–H groups in total. The van der Waals surface area contributed by atoms with Gasteiger partial charge in [-0.3, -0.25) is 14.5 Å². The molecule has 28 heavy (non-hydrogen) atoms. The fourth-order valence-corrected chi connectivity index (χ4v) is 3.25. The van der Waals surface area contributed by atoms with Crippen LogP contribution < -0.4 is 5.32 Å². The summed E-state index contributed by atoms with van der Waals surface area (Å²) in [5.74, 6) is -0.118. The minimum Gasteiger partial charge on any atom is -0.349 e. The summed E-state index contributed by atoms with van der Waals surface area (Å²) >= 11 is 0.